The zero-order chi connectivity index (χ0) is 12.7. The van der Waals surface area contributed by atoms with Crippen molar-refractivity contribution in [3.8, 4) is 0 Å². The van der Waals surface area contributed by atoms with Crippen LogP contribution in [0, 0.1) is 0 Å². The van der Waals surface area contributed by atoms with Crippen LogP contribution in [0.4, 0.5) is 0 Å². The van der Waals surface area contributed by atoms with Crippen LogP contribution in [0.5, 0.6) is 0 Å². The SMILES string of the molecule is CCCn1cccc1C(=O)N(CC)CCCO. The molecule has 0 aliphatic rings. The van der Waals surface area contributed by atoms with Gasteiger partial charge in [0.05, 0.1) is 0 Å². The lowest BCUT2D eigenvalue weighted by Gasteiger charge is -2.21. The van der Waals surface area contributed by atoms with E-state index in [0.29, 0.717) is 19.5 Å². The fraction of sp³-hybridized carbons (Fsp3) is 0.615. The predicted octanol–water partition coefficient (Wildman–Crippen LogP) is 1.74. The van der Waals surface area contributed by atoms with Gasteiger partial charge in [0.2, 0.25) is 0 Å². The molecule has 0 aliphatic heterocycles. The molecule has 0 saturated carbocycles. The van der Waals surface area contributed by atoms with E-state index in [1.807, 2.05) is 29.8 Å². The van der Waals surface area contributed by atoms with Gasteiger partial charge in [-0.1, -0.05) is 6.92 Å². The van der Waals surface area contributed by atoms with E-state index < -0.39 is 0 Å². The summed E-state index contributed by atoms with van der Waals surface area (Å²) in [5.74, 6) is 0.0550. The van der Waals surface area contributed by atoms with Crippen LogP contribution in [0.3, 0.4) is 0 Å². The number of hydrogen-bond donors (Lipinski definition) is 1. The van der Waals surface area contributed by atoms with Gasteiger partial charge < -0.3 is 14.6 Å². The maximum absolute atomic E-state index is 12.3. The molecule has 0 atom stereocenters. The minimum Gasteiger partial charge on any atom is -0.396 e. The van der Waals surface area contributed by atoms with E-state index in [0.717, 1.165) is 18.7 Å². The summed E-state index contributed by atoms with van der Waals surface area (Å²) in [6, 6.07) is 3.77. The third-order valence-electron chi connectivity index (χ3n) is 2.77. The van der Waals surface area contributed by atoms with E-state index >= 15 is 0 Å². The summed E-state index contributed by atoms with van der Waals surface area (Å²) < 4.78 is 1.99. The Morgan fingerprint density at radius 1 is 1.47 bits per heavy atom. The van der Waals surface area contributed by atoms with Gasteiger partial charge in [-0.25, -0.2) is 0 Å². The fourth-order valence-electron chi connectivity index (χ4n) is 1.87. The first kappa shape index (κ1) is 13.8. The summed E-state index contributed by atoms with van der Waals surface area (Å²) in [4.78, 5) is 14.0. The third-order valence-corrected chi connectivity index (χ3v) is 2.77. The molecule has 1 rings (SSSR count). The largest absolute Gasteiger partial charge is 0.396 e. The molecule has 1 amide bonds. The number of aliphatic hydroxyl groups is 1. The monoisotopic (exact) mass is 238 g/mol. The third kappa shape index (κ3) is 3.60. The van der Waals surface area contributed by atoms with Crippen LogP contribution >= 0.6 is 0 Å². The number of hydrogen-bond acceptors (Lipinski definition) is 2. The maximum atomic E-state index is 12.3. The summed E-state index contributed by atoms with van der Waals surface area (Å²) in [6.45, 7) is 6.34. The minimum atomic E-state index is 0.0550. The van der Waals surface area contributed by atoms with Crippen molar-refractivity contribution < 1.29 is 9.90 Å². The molecule has 4 heteroatoms. The molecule has 0 fully saturated rings. The second kappa shape index (κ2) is 7.12. The van der Waals surface area contributed by atoms with E-state index in [1.165, 1.54) is 0 Å². The lowest BCUT2D eigenvalue weighted by atomic mass is 10.3. The average Bonchev–Trinajstić information content (AvgIpc) is 2.78. The zero-order valence-electron chi connectivity index (χ0n) is 10.7. The van der Waals surface area contributed by atoms with Crippen LogP contribution in [-0.2, 0) is 6.54 Å². The predicted molar refractivity (Wildman–Crippen MR) is 68.0 cm³/mol. The van der Waals surface area contributed by atoms with Gasteiger partial charge >= 0.3 is 0 Å². The molecule has 4 nitrogen and oxygen atoms in total. The first-order chi connectivity index (χ1) is 8.24. The van der Waals surface area contributed by atoms with Crippen molar-refractivity contribution in [2.75, 3.05) is 19.7 Å². The molecular formula is C13H22N2O2. The Morgan fingerprint density at radius 3 is 2.82 bits per heavy atom. The van der Waals surface area contributed by atoms with Gasteiger partial charge in [0.1, 0.15) is 5.69 Å². The van der Waals surface area contributed by atoms with Crippen LogP contribution in [0.15, 0.2) is 18.3 Å². The van der Waals surface area contributed by atoms with Gasteiger partial charge in [0.25, 0.3) is 5.91 Å². The first-order valence-electron chi connectivity index (χ1n) is 6.29. The van der Waals surface area contributed by atoms with Crippen molar-refractivity contribution in [1.29, 1.82) is 0 Å². The molecule has 0 bridgehead atoms. The molecule has 96 valence electrons. The molecule has 1 aromatic rings. The molecule has 0 saturated heterocycles. The number of nitrogens with zero attached hydrogens (tertiary/aromatic N) is 2. The molecule has 0 aliphatic carbocycles. The topological polar surface area (TPSA) is 45.5 Å². The van der Waals surface area contributed by atoms with Gasteiger partial charge in [0.15, 0.2) is 0 Å². The van der Waals surface area contributed by atoms with Crippen LogP contribution in [0.1, 0.15) is 37.2 Å². The highest BCUT2D eigenvalue weighted by Crippen LogP contribution is 2.08. The summed E-state index contributed by atoms with van der Waals surface area (Å²) in [7, 11) is 0. The first-order valence-corrected chi connectivity index (χ1v) is 6.29. The van der Waals surface area contributed by atoms with Gasteiger partial charge in [-0.05, 0) is 31.9 Å². The quantitative estimate of drug-likeness (QED) is 0.786. The number of carbonyl (C=O) groups excluding carboxylic acids is 1. The lowest BCUT2D eigenvalue weighted by Crippen LogP contribution is -2.33. The highest BCUT2D eigenvalue weighted by Gasteiger charge is 2.16. The van der Waals surface area contributed by atoms with Crippen molar-refractivity contribution >= 4 is 5.91 Å². The Hall–Kier alpha value is -1.29. The number of aromatic nitrogens is 1. The van der Waals surface area contributed by atoms with Crippen molar-refractivity contribution in [2.24, 2.45) is 0 Å². The van der Waals surface area contributed by atoms with Crippen LogP contribution < -0.4 is 0 Å². The molecule has 17 heavy (non-hydrogen) atoms. The van der Waals surface area contributed by atoms with Crippen molar-refractivity contribution in [3.63, 3.8) is 0 Å². The van der Waals surface area contributed by atoms with Crippen molar-refractivity contribution in [2.45, 2.75) is 33.2 Å². The van der Waals surface area contributed by atoms with Crippen LogP contribution in [-0.4, -0.2) is 40.2 Å². The van der Waals surface area contributed by atoms with Gasteiger partial charge in [-0.2, -0.15) is 0 Å². The number of rotatable bonds is 7. The molecule has 0 unspecified atom stereocenters. The summed E-state index contributed by atoms with van der Waals surface area (Å²) >= 11 is 0. The molecule has 1 N–H and O–H groups in total. The number of aliphatic hydroxyl groups excluding tert-OH is 1. The van der Waals surface area contributed by atoms with Gasteiger partial charge in [-0.15, -0.1) is 0 Å². The van der Waals surface area contributed by atoms with E-state index in [4.69, 9.17) is 5.11 Å². The Kier molecular flexibility index (Phi) is 5.77. The second-order valence-electron chi connectivity index (χ2n) is 4.05. The Bertz CT molecular complexity index is 347. The molecule has 0 radical (unpaired) electrons. The zero-order valence-corrected chi connectivity index (χ0v) is 10.7. The lowest BCUT2D eigenvalue weighted by molar-refractivity contribution is 0.0743. The Labute approximate surface area is 103 Å². The second-order valence-corrected chi connectivity index (χ2v) is 4.05. The van der Waals surface area contributed by atoms with Gasteiger partial charge in [0, 0.05) is 32.4 Å². The Balaban J connectivity index is 2.74. The number of amides is 1. The molecule has 1 heterocycles. The van der Waals surface area contributed by atoms with E-state index in [-0.39, 0.29) is 12.5 Å². The Morgan fingerprint density at radius 2 is 2.24 bits per heavy atom. The molecular weight excluding hydrogens is 216 g/mol. The normalized spacial score (nSPS) is 10.5. The molecule has 0 spiro atoms. The number of carbonyl (C=O) groups is 1. The maximum Gasteiger partial charge on any atom is 0.270 e. The van der Waals surface area contributed by atoms with Crippen molar-refractivity contribution in [3.05, 3.63) is 24.0 Å². The highest BCUT2D eigenvalue weighted by molar-refractivity contribution is 5.92. The fourth-order valence-corrected chi connectivity index (χ4v) is 1.87. The average molecular weight is 238 g/mol. The highest BCUT2D eigenvalue weighted by atomic mass is 16.3. The minimum absolute atomic E-state index is 0.0550. The van der Waals surface area contributed by atoms with Crippen LogP contribution in [0.25, 0.3) is 0 Å². The van der Waals surface area contributed by atoms with E-state index in [2.05, 4.69) is 6.92 Å². The van der Waals surface area contributed by atoms with Gasteiger partial charge in [-0.3, -0.25) is 4.79 Å². The van der Waals surface area contributed by atoms with Crippen molar-refractivity contribution in [1.82, 2.24) is 9.47 Å². The summed E-state index contributed by atoms with van der Waals surface area (Å²) in [6.07, 6.45) is 3.59. The standard InChI is InChI=1S/C13H22N2O2/c1-3-8-15-9-5-7-12(15)13(17)14(4-2)10-6-11-16/h5,7,9,16H,3-4,6,8,10-11H2,1-2H3. The van der Waals surface area contributed by atoms with E-state index in [9.17, 15) is 4.79 Å². The summed E-state index contributed by atoms with van der Waals surface area (Å²) in [5.41, 5.74) is 0.742. The summed E-state index contributed by atoms with van der Waals surface area (Å²) in [5, 5.41) is 8.82. The smallest absolute Gasteiger partial charge is 0.270 e. The van der Waals surface area contributed by atoms with Crippen LogP contribution in [0.2, 0.25) is 0 Å². The number of aryl methyl sites for hydroxylation is 1. The molecule has 0 aromatic carbocycles. The van der Waals surface area contributed by atoms with E-state index in [1.54, 1.807) is 4.90 Å². The molecule has 1 aromatic heterocycles.